The normalized spacial score (nSPS) is 13.5. The van der Waals surface area contributed by atoms with Gasteiger partial charge in [-0.25, -0.2) is 0 Å². The van der Waals surface area contributed by atoms with Gasteiger partial charge in [-0.15, -0.1) is 0 Å². The molecule has 0 saturated carbocycles. The Bertz CT molecular complexity index is 118. The molecule has 0 aromatic heterocycles. The molecule has 0 bridgehead atoms. The van der Waals surface area contributed by atoms with Crippen molar-refractivity contribution >= 4 is 0 Å². The van der Waals surface area contributed by atoms with E-state index in [1.54, 1.807) is 21.3 Å². The van der Waals surface area contributed by atoms with Crippen LogP contribution < -0.4 is 5.32 Å². The van der Waals surface area contributed by atoms with E-state index in [9.17, 15) is 0 Å². The molecule has 0 spiro atoms. The van der Waals surface area contributed by atoms with Crippen LogP contribution in [-0.4, -0.2) is 46.8 Å². The van der Waals surface area contributed by atoms with Gasteiger partial charge in [0.15, 0.2) is 6.29 Å². The monoisotopic (exact) mass is 205 g/mol. The van der Waals surface area contributed by atoms with Crippen molar-refractivity contribution in [2.45, 2.75) is 32.1 Å². The first-order valence-electron chi connectivity index (χ1n) is 5.08. The molecule has 0 aliphatic rings. The molecule has 14 heavy (non-hydrogen) atoms. The molecule has 0 aromatic carbocycles. The van der Waals surface area contributed by atoms with Crippen LogP contribution >= 0.6 is 0 Å². The highest BCUT2D eigenvalue weighted by Gasteiger charge is 2.18. The molecule has 1 atom stereocenters. The molecule has 0 aliphatic carbocycles. The van der Waals surface area contributed by atoms with E-state index >= 15 is 0 Å². The second-order valence-corrected chi connectivity index (χ2v) is 3.14. The standard InChI is InChI=1S/C10H23NO3/c1-5-11-9(7-6-8-12-2)10(13-3)14-4/h9-11H,5-8H2,1-4H3. The molecule has 0 aliphatic heterocycles. The molecule has 0 heterocycles. The zero-order chi connectivity index (χ0) is 10.8. The third-order valence-corrected chi connectivity index (χ3v) is 2.12. The van der Waals surface area contributed by atoms with E-state index in [1.807, 2.05) is 0 Å². The lowest BCUT2D eigenvalue weighted by Gasteiger charge is -2.25. The predicted octanol–water partition coefficient (Wildman–Crippen LogP) is 1.01. The van der Waals surface area contributed by atoms with Crippen LogP contribution in [0.15, 0.2) is 0 Å². The maximum Gasteiger partial charge on any atom is 0.171 e. The number of likely N-dealkylation sites (N-methyl/N-ethyl adjacent to an activating group) is 1. The van der Waals surface area contributed by atoms with Crippen molar-refractivity contribution in [1.82, 2.24) is 5.32 Å². The number of ether oxygens (including phenoxy) is 3. The number of hydrogen-bond donors (Lipinski definition) is 1. The quantitative estimate of drug-likeness (QED) is 0.450. The summed E-state index contributed by atoms with van der Waals surface area (Å²) in [6.45, 7) is 3.77. The zero-order valence-corrected chi connectivity index (χ0v) is 9.71. The van der Waals surface area contributed by atoms with Gasteiger partial charge in [-0.2, -0.15) is 0 Å². The van der Waals surface area contributed by atoms with Crippen LogP contribution in [0.25, 0.3) is 0 Å². The summed E-state index contributed by atoms with van der Waals surface area (Å²) in [6.07, 6.45) is 1.83. The van der Waals surface area contributed by atoms with Crippen molar-refractivity contribution in [3.8, 4) is 0 Å². The van der Waals surface area contributed by atoms with Crippen molar-refractivity contribution in [3.05, 3.63) is 0 Å². The van der Waals surface area contributed by atoms with Gasteiger partial charge in [-0.1, -0.05) is 6.92 Å². The van der Waals surface area contributed by atoms with Gasteiger partial charge in [0.1, 0.15) is 0 Å². The van der Waals surface area contributed by atoms with Gasteiger partial charge in [0.05, 0.1) is 6.04 Å². The smallest absolute Gasteiger partial charge is 0.171 e. The Balaban J connectivity index is 3.85. The minimum absolute atomic E-state index is 0.174. The summed E-state index contributed by atoms with van der Waals surface area (Å²) in [4.78, 5) is 0. The maximum atomic E-state index is 5.22. The lowest BCUT2D eigenvalue weighted by atomic mass is 10.1. The molecule has 0 amide bonds. The molecule has 1 N–H and O–H groups in total. The van der Waals surface area contributed by atoms with Crippen LogP contribution in [0.2, 0.25) is 0 Å². The summed E-state index contributed by atoms with van der Waals surface area (Å²) >= 11 is 0. The van der Waals surface area contributed by atoms with Crippen molar-refractivity contribution in [2.75, 3.05) is 34.5 Å². The van der Waals surface area contributed by atoms with E-state index in [0.29, 0.717) is 0 Å². The molecular formula is C10H23NO3. The second kappa shape index (κ2) is 9.40. The van der Waals surface area contributed by atoms with Crippen LogP contribution in [0.4, 0.5) is 0 Å². The molecule has 0 fully saturated rings. The predicted molar refractivity (Wildman–Crippen MR) is 56.4 cm³/mol. The Morgan fingerprint density at radius 1 is 1.14 bits per heavy atom. The summed E-state index contributed by atoms with van der Waals surface area (Å²) in [5.41, 5.74) is 0. The number of hydrogen-bond acceptors (Lipinski definition) is 4. The molecule has 4 nitrogen and oxygen atoms in total. The maximum absolute atomic E-state index is 5.22. The Morgan fingerprint density at radius 2 is 1.79 bits per heavy atom. The first kappa shape index (κ1) is 13.8. The van der Waals surface area contributed by atoms with Crippen LogP contribution in [0.1, 0.15) is 19.8 Å². The Kier molecular flexibility index (Phi) is 9.29. The highest BCUT2D eigenvalue weighted by Crippen LogP contribution is 2.06. The third-order valence-electron chi connectivity index (χ3n) is 2.12. The van der Waals surface area contributed by atoms with Gasteiger partial charge in [0, 0.05) is 27.9 Å². The lowest BCUT2D eigenvalue weighted by Crippen LogP contribution is -2.42. The van der Waals surface area contributed by atoms with Crippen molar-refractivity contribution < 1.29 is 14.2 Å². The van der Waals surface area contributed by atoms with E-state index in [0.717, 1.165) is 26.0 Å². The van der Waals surface area contributed by atoms with Gasteiger partial charge in [0.2, 0.25) is 0 Å². The Morgan fingerprint density at radius 3 is 2.21 bits per heavy atom. The summed E-state index contributed by atoms with van der Waals surface area (Å²) in [5.74, 6) is 0. The fourth-order valence-electron chi connectivity index (χ4n) is 1.47. The molecule has 0 saturated heterocycles. The molecule has 0 aromatic rings. The minimum Gasteiger partial charge on any atom is -0.385 e. The second-order valence-electron chi connectivity index (χ2n) is 3.14. The number of methoxy groups -OCH3 is 3. The van der Waals surface area contributed by atoms with Gasteiger partial charge in [-0.05, 0) is 19.4 Å². The van der Waals surface area contributed by atoms with E-state index in [-0.39, 0.29) is 12.3 Å². The van der Waals surface area contributed by atoms with Crippen LogP contribution in [0.5, 0.6) is 0 Å². The van der Waals surface area contributed by atoms with Gasteiger partial charge >= 0.3 is 0 Å². The molecule has 0 radical (unpaired) electrons. The molecule has 1 unspecified atom stereocenters. The minimum atomic E-state index is -0.174. The molecule has 0 rings (SSSR count). The molecule has 86 valence electrons. The van der Waals surface area contributed by atoms with Gasteiger partial charge < -0.3 is 19.5 Å². The molecule has 4 heteroatoms. The Hall–Kier alpha value is -0.160. The highest BCUT2D eigenvalue weighted by molar-refractivity contribution is 4.69. The first-order valence-corrected chi connectivity index (χ1v) is 5.08. The lowest BCUT2D eigenvalue weighted by molar-refractivity contribution is -0.124. The van der Waals surface area contributed by atoms with Crippen LogP contribution in [0.3, 0.4) is 0 Å². The summed E-state index contributed by atoms with van der Waals surface area (Å²) in [5, 5.41) is 3.34. The topological polar surface area (TPSA) is 39.7 Å². The zero-order valence-electron chi connectivity index (χ0n) is 9.71. The van der Waals surface area contributed by atoms with Crippen molar-refractivity contribution in [1.29, 1.82) is 0 Å². The number of nitrogens with one attached hydrogen (secondary N) is 1. The average molecular weight is 205 g/mol. The highest BCUT2D eigenvalue weighted by atomic mass is 16.7. The summed E-state index contributed by atoms with van der Waals surface area (Å²) in [6, 6.07) is 0.241. The fourth-order valence-corrected chi connectivity index (χ4v) is 1.47. The van der Waals surface area contributed by atoms with Crippen molar-refractivity contribution in [3.63, 3.8) is 0 Å². The van der Waals surface area contributed by atoms with E-state index in [1.165, 1.54) is 0 Å². The van der Waals surface area contributed by atoms with Crippen LogP contribution in [0, 0.1) is 0 Å². The fraction of sp³-hybridized carbons (Fsp3) is 1.00. The first-order chi connectivity index (χ1) is 6.79. The van der Waals surface area contributed by atoms with E-state index in [2.05, 4.69) is 12.2 Å². The van der Waals surface area contributed by atoms with Crippen LogP contribution in [-0.2, 0) is 14.2 Å². The van der Waals surface area contributed by atoms with Crippen molar-refractivity contribution in [2.24, 2.45) is 0 Å². The van der Waals surface area contributed by atoms with Gasteiger partial charge in [0.25, 0.3) is 0 Å². The average Bonchev–Trinajstić information content (AvgIpc) is 2.20. The summed E-state index contributed by atoms with van der Waals surface area (Å²) in [7, 11) is 5.04. The largest absolute Gasteiger partial charge is 0.385 e. The van der Waals surface area contributed by atoms with Gasteiger partial charge in [-0.3, -0.25) is 0 Å². The third kappa shape index (κ3) is 5.54. The molecular weight excluding hydrogens is 182 g/mol. The number of rotatable bonds is 9. The van der Waals surface area contributed by atoms with E-state index in [4.69, 9.17) is 14.2 Å². The summed E-state index contributed by atoms with van der Waals surface area (Å²) < 4.78 is 15.4. The van der Waals surface area contributed by atoms with E-state index < -0.39 is 0 Å². The Labute approximate surface area is 86.9 Å². The SMILES string of the molecule is CCNC(CCCOC)C(OC)OC.